The zero-order chi connectivity index (χ0) is 27.8. The lowest BCUT2D eigenvalue weighted by molar-refractivity contribution is -0.870. The number of carbonyl (C=O) groups excluding carboxylic acids is 1. The van der Waals surface area contributed by atoms with Gasteiger partial charge >= 0.3 is 13.8 Å². The standard InChI is InChI=1S/C28H56NO7P/c1-6-8-9-10-11-12-13-14-15-16-17-18-19-20-23-33-25-27(36-28(30)21-7-2)26-35-37(31,32)34-24-22-29(3,4)5/h7,21,27H,6,8-20,22-26H2,1-5H3/p+1. The Kier molecular flexibility index (Phi) is 22.7. The number of nitrogens with zero attached hydrogens (tertiary/aromatic N) is 1. The van der Waals surface area contributed by atoms with Gasteiger partial charge in [0.2, 0.25) is 0 Å². The number of carbonyl (C=O) groups is 1. The van der Waals surface area contributed by atoms with Crippen molar-refractivity contribution in [3.05, 3.63) is 12.2 Å². The highest BCUT2D eigenvalue weighted by Crippen LogP contribution is 2.43. The number of hydrogen-bond acceptors (Lipinski definition) is 6. The van der Waals surface area contributed by atoms with E-state index < -0.39 is 19.9 Å². The lowest BCUT2D eigenvalue weighted by Crippen LogP contribution is -2.37. The van der Waals surface area contributed by atoms with Crippen LogP contribution < -0.4 is 0 Å². The molecule has 37 heavy (non-hydrogen) atoms. The topological polar surface area (TPSA) is 91.3 Å². The van der Waals surface area contributed by atoms with Crippen LogP contribution >= 0.6 is 7.82 Å². The van der Waals surface area contributed by atoms with Gasteiger partial charge in [0.15, 0.2) is 0 Å². The average molecular weight is 551 g/mol. The first kappa shape index (κ1) is 36.2. The quantitative estimate of drug-likeness (QED) is 0.0416. The number of ether oxygens (including phenoxy) is 2. The van der Waals surface area contributed by atoms with E-state index in [9.17, 15) is 14.3 Å². The largest absolute Gasteiger partial charge is 0.472 e. The van der Waals surface area contributed by atoms with E-state index in [2.05, 4.69) is 6.92 Å². The van der Waals surface area contributed by atoms with Crippen molar-refractivity contribution in [1.29, 1.82) is 0 Å². The van der Waals surface area contributed by atoms with Crippen LogP contribution in [0.1, 0.15) is 104 Å². The minimum atomic E-state index is -4.24. The molecule has 8 nitrogen and oxygen atoms in total. The Labute approximate surface area is 227 Å². The first-order valence-corrected chi connectivity index (χ1v) is 15.9. The second-order valence-corrected chi connectivity index (χ2v) is 12.3. The molecule has 220 valence electrons. The first-order valence-electron chi connectivity index (χ1n) is 14.4. The van der Waals surface area contributed by atoms with Gasteiger partial charge in [0.25, 0.3) is 0 Å². The predicted octanol–water partition coefficient (Wildman–Crippen LogP) is 6.81. The molecule has 0 amide bonds. The summed E-state index contributed by atoms with van der Waals surface area (Å²) in [5.74, 6) is -0.546. The average Bonchev–Trinajstić information content (AvgIpc) is 2.81. The van der Waals surface area contributed by atoms with E-state index >= 15 is 0 Å². The summed E-state index contributed by atoms with van der Waals surface area (Å²) >= 11 is 0. The molecule has 0 saturated carbocycles. The summed E-state index contributed by atoms with van der Waals surface area (Å²) in [7, 11) is 1.63. The molecule has 1 N–H and O–H groups in total. The SMILES string of the molecule is CC=CC(=O)OC(COCCCCCCCCCCCCCCCC)COP(=O)(O)OCC[N+](C)(C)C. The second-order valence-electron chi connectivity index (χ2n) is 10.8. The molecule has 0 heterocycles. The number of likely N-dealkylation sites (N-methyl/N-ethyl adjacent to an activating group) is 1. The molecule has 0 aliphatic carbocycles. The molecule has 2 unspecified atom stereocenters. The molecule has 0 bridgehead atoms. The Morgan fingerprint density at radius 1 is 0.811 bits per heavy atom. The van der Waals surface area contributed by atoms with Gasteiger partial charge in [-0.3, -0.25) is 9.05 Å². The van der Waals surface area contributed by atoms with E-state index in [0.29, 0.717) is 17.6 Å². The zero-order valence-electron chi connectivity index (χ0n) is 24.5. The Morgan fingerprint density at radius 2 is 1.32 bits per heavy atom. The fourth-order valence-electron chi connectivity index (χ4n) is 3.71. The summed E-state index contributed by atoms with van der Waals surface area (Å²) in [4.78, 5) is 21.8. The molecule has 9 heteroatoms. The highest BCUT2D eigenvalue weighted by atomic mass is 31.2. The Morgan fingerprint density at radius 3 is 1.81 bits per heavy atom. The molecule has 0 aromatic heterocycles. The number of hydrogen-bond donors (Lipinski definition) is 1. The van der Waals surface area contributed by atoms with E-state index in [1.54, 1.807) is 13.0 Å². The molecule has 0 aliphatic rings. The van der Waals surface area contributed by atoms with Gasteiger partial charge in [0.1, 0.15) is 19.3 Å². The molecule has 0 fully saturated rings. The van der Waals surface area contributed by atoms with E-state index in [0.717, 1.165) is 12.8 Å². The lowest BCUT2D eigenvalue weighted by Gasteiger charge is -2.24. The van der Waals surface area contributed by atoms with Gasteiger partial charge in [-0.1, -0.05) is 96.5 Å². The van der Waals surface area contributed by atoms with Gasteiger partial charge in [-0.05, 0) is 13.3 Å². The van der Waals surface area contributed by atoms with Crippen molar-refractivity contribution in [3.8, 4) is 0 Å². The number of phosphoric ester groups is 1. The van der Waals surface area contributed by atoms with Crippen LogP contribution in [0.5, 0.6) is 0 Å². The summed E-state index contributed by atoms with van der Waals surface area (Å²) in [6.07, 6.45) is 20.2. The van der Waals surface area contributed by atoms with E-state index in [-0.39, 0.29) is 19.8 Å². The molecule has 0 aromatic carbocycles. The number of rotatable bonds is 26. The maximum Gasteiger partial charge on any atom is 0.472 e. The number of quaternary nitrogens is 1. The normalized spacial score (nSPS) is 14.6. The molecule has 0 spiro atoms. The highest BCUT2D eigenvalue weighted by Gasteiger charge is 2.26. The molecule has 0 saturated heterocycles. The van der Waals surface area contributed by atoms with E-state index in [1.807, 2.05) is 21.1 Å². The molecule has 0 rings (SSSR count). The minimum absolute atomic E-state index is 0.0793. The van der Waals surface area contributed by atoms with Gasteiger partial charge in [-0.25, -0.2) is 9.36 Å². The summed E-state index contributed by atoms with van der Waals surface area (Å²) in [5.41, 5.74) is 0. The fraction of sp³-hybridized carbons (Fsp3) is 0.893. The number of allylic oxidation sites excluding steroid dienone is 1. The van der Waals surface area contributed by atoms with Crippen molar-refractivity contribution in [2.24, 2.45) is 0 Å². The van der Waals surface area contributed by atoms with Crippen molar-refractivity contribution in [1.82, 2.24) is 0 Å². The van der Waals surface area contributed by atoms with Crippen molar-refractivity contribution < 1.29 is 37.3 Å². The van der Waals surface area contributed by atoms with Crippen LogP contribution in [0.4, 0.5) is 0 Å². The summed E-state index contributed by atoms with van der Waals surface area (Å²) in [6.45, 7) is 4.97. The molecular formula is C28H57NO7P+. The Bertz CT molecular complexity index is 622. The number of phosphoric acid groups is 1. The van der Waals surface area contributed by atoms with Gasteiger partial charge in [0.05, 0.1) is 34.4 Å². The van der Waals surface area contributed by atoms with Gasteiger partial charge in [-0.2, -0.15) is 0 Å². The molecular weight excluding hydrogens is 493 g/mol. The Balaban J connectivity index is 3.98. The van der Waals surface area contributed by atoms with Crippen LogP contribution in [0.25, 0.3) is 0 Å². The van der Waals surface area contributed by atoms with Crippen LogP contribution in [-0.2, 0) is 27.9 Å². The van der Waals surface area contributed by atoms with Crippen molar-refractivity contribution in [2.45, 2.75) is 110 Å². The third-order valence-electron chi connectivity index (χ3n) is 5.97. The minimum Gasteiger partial charge on any atom is -0.454 e. The summed E-state index contributed by atoms with van der Waals surface area (Å²) < 4.78 is 33.8. The fourth-order valence-corrected chi connectivity index (χ4v) is 4.46. The summed E-state index contributed by atoms with van der Waals surface area (Å²) in [5, 5.41) is 0. The van der Waals surface area contributed by atoms with Gasteiger partial charge in [-0.15, -0.1) is 0 Å². The third-order valence-corrected chi connectivity index (χ3v) is 6.96. The monoisotopic (exact) mass is 550 g/mol. The van der Waals surface area contributed by atoms with Crippen LogP contribution in [0.15, 0.2) is 12.2 Å². The van der Waals surface area contributed by atoms with Crippen molar-refractivity contribution >= 4 is 13.8 Å². The summed E-state index contributed by atoms with van der Waals surface area (Å²) in [6, 6.07) is 0. The van der Waals surface area contributed by atoms with Crippen LogP contribution in [0.3, 0.4) is 0 Å². The highest BCUT2D eigenvalue weighted by molar-refractivity contribution is 7.47. The molecule has 0 radical (unpaired) electrons. The Hall–Kier alpha value is -0.760. The van der Waals surface area contributed by atoms with Crippen LogP contribution in [-0.4, -0.2) is 75.6 Å². The molecule has 0 aliphatic heterocycles. The predicted molar refractivity (Wildman–Crippen MR) is 150 cm³/mol. The lowest BCUT2D eigenvalue weighted by atomic mass is 10.0. The second kappa shape index (κ2) is 23.2. The number of esters is 1. The van der Waals surface area contributed by atoms with Crippen molar-refractivity contribution in [3.63, 3.8) is 0 Å². The first-order chi connectivity index (χ1) is 17.6. The zero-order valence-corrected chi connectivity index (χ0v) is 25.4. The van der Waals surface area contributed by atoms with E-state index in [4.69, 9.17) is 18.5 Å². The van der Waals surface area contributed by atoms with Gasteiger partial charge < -0.3 is 18.9 Å². The van der Waals surface area contributed by atoms with Crippen molar-refractivity contribution in [2.75, 3.05) is 54.1 Å². The number of unbranched alkanes of at least 4 members (excludes halogenated alkanes) is 13. The maximum atomic E-state index is 12.1. The van der Waals surface area contributed by atoms with Crippen LogP contribution in [0.2, 0.25) is 0 Å². The van der Waals surface area contributed by atoms with Crippen LogP contribution in [0, 0.1) is 0 Å². The third kappa shape index (κ3) is 26.6. The maximum absolute atomic E-state index is 12.1. The smallest absolute Gasteiger partial charge is 0.454 e. The molecule has 0 aromatic rings. The van der Waals surface area contributed by atoms with Gasteiger partial charge in [0, 0.05) is 12.7 Å². The van der Waals surface area contributed by atoms with E-state index in [1.165, 1.54) is 83.1 Å². The molecule has 2 atom stereocenters.